The summed E-state index contributed by atoms with van der Waals surface area (Å²) >= 11 is 12.0. The van der Waals surface area contributed by atoms with Gasteiger partial charge in [0.15, 0.2) is 0 Å². The van der Waals surface area contributed by atoms with Crippen LogP contribution in [-0.4, -0.2) is 24.4 Å². The fourth-order valence-corrected chi connectivity index (χ4v) is 3.43. The van der Waals surface area contributed by atoms with Crippen LogP contribution in [0.15, 0.2) is 18.2 Å². The molecule has 0 atom stereocenters. The summed E-state index contributed by atoms with van der Waals surface area (Å²) in [6, 6.07) is 5.07. The molecule has 2 amide bonds. The van der Waals surface area contributed by atoms with Crippen LogP contribution in [-0.2, 0) is 9.59 Å². The molecule has 0 heterocycles. The van der Waals surface area contributed by atoms with Gasteiger partial charge < -0.3 is 10.2 Å². The molecule has 1 N–H and O–H groups in total. The first kappa shape index (κ1) is 18.1. The number of hydrogen-bond acceptors (Lipinski definition) is 2. The van der Waals surface area contributed by atoms with E-state index in [1.54, 1.807) is 18.2 Å². The van der Waals surface area contributed by atoms with E-state index in [4.69, 9.17) is 23.2 Å². The van der Waals surface area contributed by atoms with Gasteiger partial charge in [-0.2, -0.15) is 0 Å². The second-order valence-electron chi connectivity index (χ2n) is 5.99. The number of nitrogens with one attached hydrogen (secondary N) is 1. The van der Waals surface area contributed by atoms with Crippen molar-refractivity contribution in [3.05, 3.63) is 28.2 Å². The molecule has 6 heteroatoms. The van der Waals surface area contributed by atoms with Crippen molar-refractivity contribution >= 4 is 40.7 Å². The first-order valence-electron chi connectivity index (χ1n) is 7.99. The number of anilines is 1. The maximum absolute atomic E-state index is 12.3. The number of rotatable bonds is 4. The lowest BCUT2D eigenvalue weighted by Crippen LogP contribution is -2.43. The Hall–Kier alpha value is -1.26. The van der Waals surface area contributed by atoms with Crippen molar-refractivity contribution in [3.63, 3.8) is 0 Å². The number of carbonyl (C=O) groups excluding carboxylic acids is 2. The third kappa shape index (κ3) is 5.70. The molecule has 4 nitrogen and oxygen atoms in total. The minimum atomic E-state index is -0.223. The van der Waals surface area contributed by atoms with Crippen LogP contribution < -0.4 is 10.2 Å². The van der Waals surface area contributed by atoms with Gasteiger partial charge in [-0.25, -0.2) is 0 Å². The molecule has 2 rings (SSSR count). The number of amides is 2. The van der Waals surface area contributed by atoms with E-state index >= 15 is 0 Å². The number of halogens is 2. The lowest BCUT2D eigenvalue weighted by molar-refractivity contribution is -0.123. The van der Waals surface area contributed by atoms with E-state index in [2.05, 4.69) is 5.32 Å². The molecule has 1 saturated carbocycles. The number of benzene rings is 1. The molecule has 0 unspecified atom stereocenters. The third-order valence-electron chi connectivity index (χ3n) is 4.06. The van der Waals surface area contributed by atoms with Crippen LogP contribution in [0.5, 0.6) is 0 Å². The molecule has 126 valence electrons. The van der Waals surface area contributed by atoms with Gasteiger partial charge in [0, 0.05) is 28.7 Å². The predicted molar refractivity (Wildman–Crippen MR) is 94.1 cm³/mol. The second-order valence-corrected chi connectivity index (χ2v) is 6.86. The summed E-state index contributed by atoms with van der Waals surface area (Å²) in [6.07, 6.45) is 6.76. The van der Waals surface area contributed by atoms with Crippen LogP contribution >= 0.6 is 23.2 Å². The molecule has 1 aliphatic rings. The summed E-state index contributed by atoms with van der Waals surface area (Å²) in [6.45, 7) is 1.40. The van der Waals surface area contributed by atoms with Gasteiger partial charge >= 0.3 is 0 Å². The van der Waals surface area contributed by atoms with Gasteiger partial charge in [-0.05, 0) is 31.0 Å². The summed E-state index contributed by atoms with van der Waals surface area (Å²) in [5.41, 5.74) is 0.533. The summed E-state index contributed by atoms with van der Waals surface area (Å²) in [5, 5.41) is 3.91. The Bertz CT molecular complexity index is 549. The fraction of sp³-hybridized carbons (Fsp3) is 0.529. The molecule has 0 spiro atoms. The van der Waals surface area contributed by atoms with Gasteiger partial charge in [-0.15, -0.1) is 0 Å². The molecular weight excluding hydrogens is 335 g/mol. The van der Waals surface area contributed by atoms with Gasteiger partial charge in [-0.1, -0.05) is 48.9 Å². The molecule has 0 aromatic heterocycles. The Morgan fingerprint density at radius 3 is 2.17 bits per heavy atom. The molecule has 1 aliphatic carbocycles. The van der Waals surface area contributed by atoms with Gasteiger partial charge in [0.2, 0.25) is 11.8 Å². The van der Waals surface area contributed by atoms with Crippen molar-refractivity contribution < 1.29 is 9.59 Å². The average Bonchev–Trinajstić information content (AvgIpc) is 2.72. The predicted octanol–water partition coefficient (Wildman–Crippen LogP) is 4.19. The van der Waals surface area contributed by atoms with Crippen LogP contribution in [0.25, 0.3) is 0 Å². The van der Waals surface area contributed by atoms with E-state index < -0.39 is 0 Å². The average molecular weight is 357 g/mol. The van der Waals surface area contributed by atoms with Crippen molar-refractivity contribution in [2.75, 3.05) is 11.4 Å². The van der Waals surface area contributed by atoms with Crippen LogP contribution in [0.2, 0.25) is 10.0 Å². The van der Waals surface area contributed by atoms with Gasteiger partial charge in [0.25, 0.3) is 0 Å². The topological polar surface area (TPSA) is 49.4 Å². The highest BCUT2D eigenvalue weighted by Crippen LogP contribution is 2.25. The molecule has 0 aliphatic heterocycles. The summed E-state index contributed by atoms with van der Waals surface area (Å²) < 4.78 is 0. The monoisotopic (exact) mass is 356 g/mol. The van der Waals surface area contributed by atoms with E-state index in [9.17, 15) is 9.59 Å². The zero-order valence-corrected chi connectivity index (χ0v) is 14.8. The lowest BCUT2D eigenvalue weighted by atomic mass is 10.1. The van der Waals surface area contributed by atoms with E-state index in [1.165, 1.54) is 24.7 Å². The van der Waals surface area contributed by atoms with Crippen LogP contribution in [0.3, 0.4) is 0 Å². The lowest BCUT2D eigenvalue weighted by Gasteiger charge is -2.23. The van der Waals surface area contributed by atoms with Crippen molar-refractivity contribution in [2.24, 2.45) is 0 Å². The smallest absolute Gasteiger partial charge is 0.240 e. The number of carbonyl (C=O) groups is 2. The largest absolute Gasteiger partial charge is 0.352 e. The van der Waals surface area contributed by atoms with Crippen molar-refractivity contribution in [3.8, 4) is 0 Å². The van der Waals surface area contributed by atoms with Crippen molar-refractivity contribution in [1.29, 1.82) is 0 Å². The second kappa shape index (κ2) is 8.55. The molecule has 0 radical (unpaired) electrons. The maximum Gasteiger partial charge on any atom is 0.240 e. The van der Waals surface area contributed by atoms with E-state index in [0.717, 1.165) is 25.7 Å². The zero-order valence-electron chi connectivity index (χ0n) is 13.3. The number of hydrogen-bond donors (Lipinski definition) is 1. The van der Waals surface area contributed by atoms with Crippen molar-refractivity contribution in [2.45, 2.75) is 51.5 Å². The summed E-state index contributed by atoms with van der Waals surface area (Å²) in [7, 11) is 0. The maximum atomic E-state index is 12.3. The normalized spacial score (nSPS) is 15.8. The van der Waals surface area contributed by atoms with E-state index in [-0.39, 0.29) is 24.4 Å². The Labute approximate surface area is 147 Å². The highest BCUT2D eigenvalue weighted by atomic mass is 35.5. The minimum absolute atomic E-state index is 0.0253. The Morgan fingerprint density at radius 2 is 1.65 bits per heavy atom. The Morgan fingerprint density at radius 1 is 1.09 bits per heavy atom. The fourth-order valence-electron chi connectivity index (χ4n) is 2.92. The van der Waals surface area contributed by atoms with Gasteiger partial charge in [0.05, 0.1) is 0 Å². The highest BCUT2D eigenvalue weighted by molar-refractivity contribution is 6.35. The molecule has 1 aromatic rings. The molecule has 0 bridgehead atoms. The van der Waals surface area contributed by atoms with Crippen LogP contribution in [0, 0.1) is 0 Å². The van der Waals surface area contributed by atoms with E-state index in [0.29, 0.717) is 15.7 Å². The quantitative estimate of drug-likeness (QED) is 0.822. The van der Waals surface area contributed by atoms with Crippen molar-refractivity contribution in [1.82, 2.24) is 5.32 Å². The summed E-state index contributed by atoms with van der Waals surface area (Å²) in [4.78, 5) is 25.6. The molecule has 1 aromatic carbocycles. The standard InChI is InChI=1S/C17H22Cl2N2O2/c1-12(22)21(16-9-13(18)8-14(19)10-16)11-17(23)20-15-6-4-2-3-5-7-15/h8-10,15H,2-7,11H2,1H3,(H,20,23). The van der Waals surface area contributed by atoms with Gasteiger partial charge in [-0.3, -0.25) is 9.59 Å². The van der Waals surface area contributed by atoms with E-state index in [1.807, 2.05) is 0 Å². The van der Waals surface area contributed by atoms with Gasteiger partial charge in [0.1, 0.15) is 6.54 Å². The first-order valence-corrected chi connectivity index (χ1v) is 8.75. The molecule has 0 saturated heterocycles. The Balaban J connectivity index is 2.03. The third-order valence-corrected chi connectivity index (χ3v) is 4.50. The minimum Gasteiger partial charge on any atom is -0.352 e. The molecule has 23 heavy (non-hydrogen) atoms. The van der Waals surface area contributed by atoms with Crippen LogP contribution in [0.4, 0.5) is 5.69 Å². The first-order chi connectivity index (χ1) is 11.0. The zero-order chi connectivity index (χ0) is 16.8. The molecular formula is C17H22Cl2N2O2. The SMILES string of the molecule is CC(=O)N(CC(=O)NC1CCCCCC1)c1cc(Cl)cc(Cl)c1. The molecule has 1 fully saturated rings. The number of nitrogens with zero attached hydrogens (tertiary/aromatic N) is 1. The van der Waals surface area contributed by atoms with Crippen LogP contribution in [0.1, 0.15) is 45.4 Å². The highest BCUT2D eigenvalue weighted by Gasteiger charge is 2.20. The summed E-state index contributed by atoms with van der Waals surface area (Å²) in [5.74, 6) is -0.373. The Kier molecular flexibility index (Phi) is 6.72.